The first-order valence-electron chi connectivity index (χ1n) is 4.92. The molecule has 0 spiro atoms. The molecule has 0 atom stereocenters. The predicted octanol–water partition coefficient (Wildman–Crippen LogP) is 4.20. The Balaban J connectivity index is 1.94. The topological polar surface area (TPSA) is 29.1 Å². The van der Waals surface area contributed by atoms with Crippen LogP contribution in [0, 0.1) is 0 Å². The van der Waals surface area contributed by atoms with Gasteiger partial charge < -0.3 is 5.32 Å². The molecule has 1 amide bonds. The van der Waals surface area contributed by atoms with Crippen LogP contribution in [0.1, 0.15) is 15.9 Å². The molecule has 0 saturated heterocycles. The van der Waals surface area contributed by atoms with Crippen molar-refractivity contribution in [2.24, 2.45) is 0 Å². The first kappa shape index (κ1) is 12.8. The summed E-state index contributed by atoms with van der Waals surface area (Å²) in [6, 6.07) is 9.70. The average Bonchev–Trinajstić information content (AvgIpc) is 2.75. The van der Waals surface area contributed by atoms with Gasteiger partial charge in [-0.1, -0.05) is 28.1 Å². The Hall–Kier alpha value is -0.650. The first-order valence-corrected chi connectivity index (χ1v) is 7.38. The molecule has 2 rings (SSSR count). The van der Waals surface area contributed by atoms with Crippen molar-refractivity contribution in [2.45, 2.75) is 6.54 Å². The van der Waals surface area contributed by atoms with Gasteiger partial charge in [0.1, 0.15) is 0 Å². The van der Waals surface area contributed by atoms with Crippen molar-refractivity contribution in [3.8, 4) is 0 Å². The minimum absolute atomic E-state index is 0.0464. The number of hydrogen-bond donors (Lipinski definition) is 1. The van der Waals surface area contributed by atoms with Crippen LogP contribution in [0.4, 0.5) is 0 Å². The van der Waals surface area contributed by atoms with Crippen LogP contribution in [0.2, 0.25) is 0 Å². The molecule has 0 aliphatic rings. The summed E-state index contributed by atoms with van der Waals surface area (Å²) in [7, 11) is 0. The SMILES string of the molecule is O=C(NCc1ccc(Br)cc1)c1csc(Br)c1. The lowest BCUT2D eigenvalue weighted by atomic mass is 10.2. The zero-order chi connectivity index (χ0) is 12.3. The van der Waals surface area contributed by atoms with Gasteiger partial charge in [0.05, 0.1) is 9.35 Å². The van der Waals surface area contributed by atoms with E-state index in [1.165, 1.54) is 11.3 Å². The normalized spacial score (nSPS) is 10.2. The summed E-state index contributed by atoms with van der Waals surface area (Å²) in [6.07, 6.45) is 0. The molecule has 0 aliphatic carbocycles. The van der Waals surface area contributed by atoms with Crippen LogP contribution in [0.15, 0.2) is 44.0 Å². The van der Waals surface area contributed by atoms with Gasteiger partial charge in [0.25, 0.3) is 5.91 Å². The third-order valence-corrected chi connectivity index (χ3v) is 4.23. The summed E-state index contributed by atoms with van der Waals surface area (Å²) in [5.41, 5.74) is 1.77. The van der Waals surface area contributed by atoms with Gasteiger partial charge in [-0.15, -0.1) is 11.3 Å². The Morgan fingerprint density at radius 1 is 1.24 bits per heavy atom. The molecular weight excluding hydrogens is 366 g/mol. The number of amides is 1. The van der Waals surface area contributed by atoms with Crippen LogP contribution in [0.3, 0.4) is 0 Å². The van der Waals surface area contributed by atoms with Crippen LogP contribution in [-0.4, -0.2) is 5.91 Å². The molecule has 0 unspecified atom stereocenters. The van der Waals surface area contributed by atoms with E-state index in [2.05, 4.69) is 37.2 Å². The van der Waals surface area contributed by atoms with E-state index in [1.807, 2.05) is 35.7 Å². The van der Waals surface area contributed by atoms with E-state index >= 15 is 0 Å². The lowest BCUT2D eigenvalue weighted by Crippen LogP contribution is -2.22. The van der Waals surface area contributed by atoms with Crippen LogP contribution >= 0.6 is 43.2 Å². The van der Waals surface area contributed by atoms with Gasteiger partial charge in [0.2, 0.25) is 0 Å². The average molecular weight is 375 g/mol. The highest BCUT2D eigenvalue weighted by Gasteiger charge is 2.07. The number of hydrogen-bond acceptors (Lipinski definition) is 2. The number of rotatable bonds is 3. The number of carbonyl (C=O) groups is 1. The molecule has 1 N–H and O–H groups in total. The van der Waals surface area contributed by atoms with E-state index in [-0.39, 0.29) is 5.91 Å². The number of halogens is 2. The standard InChI is InChI=1S/C12H9Br2NOS/c13-10-3-1-8(2-4-10)6-15-12(16)9-5-11(14)17-7-9/h1-5,7H,6H2,(H,15,16). The highest BCUT2D eigenvalue weighted by Crippen LogP contribution is 2.20. The van der Waals surface area contributed by atoms with E-state index < -0.39 is 0 Å². The third kappa shape index (κ3) is 3.66. The molecule has 88 valence electrons. The Morgan fingerprint density at radius 3 is 2.53 bits per heavy atom. The van der Waals surface area contributed by atoms with Crippen LogP contribution in [-0.2, 0) is 6.54 Å². The molecule has 1 heterocycles. The van der Waals surface area contributed by atoms with Crippen molar-refractivity contribution in [1.29, 1.82) is 0 Å². The molecule has 0 aliphatic heterocycles. The van der Waals surface area contributed by atoms with Gasteiger partial charge >= 0.3 is 0 Å². The van der Waals surface area contributed by atoms with Crippen molar-refractivity contribution >= 4 is 49.1 Å². The monoisotopic (exact) mass is 373 g/mol. The molecule has 17 heavy (non-hydrogen) atoms. The number of thiophene rings is 1. The Labute approximate surface area is 120 Å². The molecule has 0 saturated carbocycles. The van der Waals surface area contributed by atoms with Crippen molar-refractivity contribution in [2.75, 3.05) is 0 Å². The lowest BCUT2D eigenvalue weighted by Gasteiger charge is -2.03. The quantitative estimate of drug-likeness (QED) is 0.856. The van der Waals surface area contributed by atoms with E-state index in [4.69, 9.17) is 0 Å². The van der Waals surface area contributed by atoms with E-state index in [1.54, 1.807) is 0 Å². The second-order valence-corrected chi connectivity index (χ2v) is 6.65. The van der Waals surface area contributed by atoms with Crippen molar-refractivity contribution in [1.82, 2.24) is 5.32 Å². The number of carbonyl (C=O) groups excluding carboxylic acids is 1. The minimum Gasteiger partial charge on any atom is -0.348 e. The summed E-state index contributed by atoms with van der Waals surface area (Å²) < 4.78 is 2.00. The summed E-state index contributed by atoms with van der Waals surface area (Å²) in [6.45, 7) is 0.541. The molecule has 0 radical (unpaired) electrons. The fourth-order valence-corrected chi connectivity index (χ4v) is 2.72. The predicted molar refractivity (Wildman–Crippen MR) is 77.3 cm³/mol. The fourth-order valence-electron chi connectivity index (χ4n) is 1.32. The number of benzene rings is 1. The molecule has 1 aromatic heterocycles. The molecule has 2 nitrogen and oxygen atoms in total. The van der Waals surface area contributed by atoms with E-state index in [9.17, 15) is 4.79 Å². The summed E-state index contributed by atoms with van der Waals surface area (Å²) in [5.74, 6) is -0.0464. The molecule has 0 fully saturated rings. The van der Waals surface area contributed by atoms with Gasteiger partial charge in [-0.3, -0.25) is 4.79 Å². The smallest absolute Gasteiger partial charge is 0.252 e. The van der Waals surface area contributed by atoms with Crippen molar-refractivity contribution in [3.05, 3.63) is 55.1 Å². The first-order chi connectivity index (χ1) is 8.15. The summed E-state index contributed by atoms with van der Waals surface area (Å²) in [4.78, 5) is 11.8. The summed E-state index contributed by atoms with van der Waals surface area (Å²) in [5, 5.41) is 4.71. The van der Waals surface area contributed by atoms with Gasteiger partial charge in [-0.25, -0.2) is 0 Å². The minimum atomic E-state index is -0.0464. The molecule has 5 heteroatoms. The lowest BCUT2D eigenvalue weighted by molar-refractivity contribution is 0.0951. The second kappa shape index (κ2) is 5.80. The molecule has 0 bridgehead atoms. The van der Waals surface area contributed by atoms with Crippen molar-refractivity contribution in [3.63, 3.8) is 0 Å². The van der Waals surface area contributed by atoms with Gasteiger partial charge in [0, 0.05) is 16.4 Å². The Kier molecular flexibility index (Phi) is 4.36. The van der Waals surface area contributed by atoms with Gasteiger partial charge in [-0.05, 0) is 39.7 Å². The van der Waals surface area contributed by atoms with Crippen LogP contribution in [0.5, 0.6) is 0 Å². The van der Waals surface area contributed by atoms with Crippen LogP contribution in [0.25, 0.3) is 0 Å². The Morgan fingerprint density at radius 2 is 1.94 bits per heavy atom. The van der Waals surface area contributed by atoms with Gasteiger partial charge in [-0.2, -0.15) is 0 Å². The molecule has 2 aromatic rings. The maximum Gasteiger partial charge on any atom is 0.252 e. The third-order valence-electron chi connectivity index (χ3n) is 2.20. The number of nitrogens with one attached hydrogen (secondary N) is 1. The second-order valence-electron chi connectivity index (χ2n) is 3.45. The maximum atomic E-state index is 11.8. The van der Waals surface area contributed by atoms with E-state index in [0.29, 0.717) is 12.1 Å². The fraction of sp³-hybridized carbons (Fsp3) is 0.0833. The van der Waals surface area contributed by atoms with Crippen molar-refractivity contribution < 1.29 is 4.79 Å². The van der Waals surface area contributed by atoms with Crippen LogP contribution < -0.4 is 5.32 Å². The maximum absolute atomic E-state index is 11.8. The Bertz CT molecular complexity index is 522. The van der Waals surface area contributed by atoms with Gasteiger partial charge in [0.15, 0.2) is 0 Å². The summed E-state index contributed by atoms with van der Waals surface area (Å²) >= 11 is 8.22. The largest absolute Gasteiger partial charge is 0.348 e. The zero-order valence-corrected chi connectivity index (χ0v) is 12.7. The van der Waals surface area contributed by atoms with E-state index in [0.717, 1.165) is 13.8 Å². The molecule has 1 aromatic carbocycles. The zero-order valence-electron chi connectivity index (χ0n) is 8.74. The highest BCUT2D eigenvalue weighted by atomic mass is 79.9. The molecular formula is C12H9Br2NOS. The highest BCUT2D eigenvalue weighted by molar-refractivity contribution is 9.11.